The second kappa shape index (κ2) is 5.61. The molecule has 0 saturated heterocycles. The first-order chi connectivity index (χ1) is 7.06. The van der Waals surface area contributed by atoms with Crippen molar-refractivity contribution in [2.75, 3.05) is 6.54 Å². The maximum atomic E-state index is 9.98. The van der Waals surface area contributed by atoms with Crippen molar-refractivity contribution in [2.45, 2.75) is 25.5 Å². The average Bonchev–Trinajstić information content (AvgIpc) is 2.17. The summed E-state index contributed by atoms with van der Waals surface area (Å²) in [7, 11) is 0. The third kappa shape index (κ3) is 3.28. The Bertz CT molecular complexity index is 330. The highest BCUT2D eigenvalue weighted by molar-refractivity contribution is 9.10. The zero-order chi connectivity index (χ0) is 11.4. The third-order valence-corrected chi connectivity index (χ3v) is 3.07. The SMILES string of the molecule is Cc1ccc(C(O)C(N)CCN)c(Br)c1. The minimum Gasteiger partial charge on any atom is -0.387 e. The topological polar surface area (TPSA) is 72.3 Å². The van der Waals surface area contributed by atoms with Gasteiger partial charge in [0.25, 0.3) is 0 Å². The van der Waals surface area contributed by atoms with Gasteiger partial charge in [-0.05, 0) is 37.1 Å². The van der Waals surface area contributed by atoms with Crippen LogP contribution in [0.2, 0.25) is 0 Å². The van der Waals surface area contributed by atoms with Crippen molar-refractivity contribution >= 4 is 15.9 Å². The Kier molecular flexibility index (Phi) is 4.73. The van der Waals surface area contributed by atoms with Crippen molar-refractivity contribution in [2.24, 2.45) is 11.5 Å². The van der Waals surface area contributed by atoms with Gasteiger partial charge in [0.15, 0.2) is 0 Å². The summed E-state index contributed by atoms with van der Waals surface area (Å²) < 4.78 is 0.891. The molecule has 1 rings (SSSR count). The molecule has 0 saturated carbocycles. The second-order valence-electron chi connectivity index (χ2n) is 3.71. The van der Waals surface area contributed by atoms with Gasteiger partial charge in [0, 0.05) is 10.5 Å². The molecule has 0 aliphatic heterocycles. The van der Waals surface area contributed by atoms with E-state index in [1.54, 1.807) is 0 Å². The highest BCUT2D eigenvalue weighted by Crippen LogP contribution is 2.26. The van der Waals surface area contributed by atoms with Crippen molar-refractivity contribution in [3.05, 3.63) is 33.8 Å². The molecule has 2 atom stereocenters. The highest BCUT2D eigenvalue weighted by Gasteiger charge is 2.18. The molecule has 4 heteroatoms. The molecule has 0 aliphatic carbocycles. The van der Waals surface area contributed by atoms with Crippen LogP contribution >= 0.6 is 15.9 Å². The van der Waals surface area contributed by atoms with Gasteiger partial charge in [0.1, 0.15) is 0 Å². The Labute approximate surface area is 98.6 Å². The van der Waals surface area contributed by atoms with Crippen LogP contribution in [0.25, 0.3) is 0 Å². The van der Waals surface area contributed by atoms with Gasteiger partial charge in [0.2, 0.25) is 0 Å². The van der Waals surface area contributed by atoms with Crippen LogP contribution in [0.5, 0.6) is 0 Å². The monoisotopic (exact) mass is 272 g/mol. The van der Waals surface area contributed by atoms with Crippen LogP contribution in [-0.2, 0) is 0 Å². The molecule has 3 nitrogen and oxygen atoms in total. The van der Waals surface area contributed by atoms with Crippen LogP contribution in [0.3, 0.4) is 0 Å². The number of aliphatic hydroxyl groups is 1. The number of aliphatic hydroxyl groups excluding tert-OH is 1. The first-order valence-corrected chi connectivity index (χ1v) is 5.75. The normalized spacial score (nSPS) is 15.0. The Balaban J connectivity index is 2.86. The molecule has 5 N–H and O–H groups in total. The quantitative estimate of drug-likeness (QED) is 0.777. The van der Waals surface area contributed by atoms with Crippen LogP contribution in [-0.4, -0.2) is 17.7 Å². The van der Waals surface area contributed by atoms with E-state index in [2.05, 4.69) is 15.9 Å². The predicted octanol–water partition coefficient (Wildman–Crippen LogP) is 1.47. The molecule has 0 amide bonds. The Morgan fingerprint density at radius 2 is 2.13 bits per heavy atom. The third-order valence-electron chi connectivity index (χ3n) is 2.38. The van der Waals surface area contributed by atoms with Crippen molar-refractivity contribution in [1.29, 1.82) is 0 Å². The maximum Gasteiger partial charge on any atom is 0.0952 e. The summed E-state index contributed by atoms with van der Waals surface area (Å²) in [6, 6.07) is 5.50. The van der Waals surface area contributed by atoms with E-state index in [-0.39, 0.29) is 6.04 Å². The van der Waals surface area contributed by atoms with Crippen molar-refractivity contribution in [3.63, 3.8) is 0 Å². The smallest absolute Gasteiger partial charge is 0.0952 e. The summed E-state index contributed by atoms with van der Waals surface area (Å²) in [5.41, 5.74) is 13.2. The van der Waals surface area contributed by atoms with E-state index >= 15 is 0 Å². The zero-order valence-corrected chi connectivity index (χ0v) is 10.4. The van der Waals surface area contributed by atoms with E-state index in [0.717, 1.165) is 15.6 Å². The number of hydrogen-bond donors (Lipinski definition) is 3. The average molecular weight is 273 g/mol. The van der Waals surface area contributed by atoms with E-state index in [4.69, 9.17) is 11.5 Å². The van der Waals surface area contributed by atoms with Crippen molar-refractivity contribution in [1.82, 2.24) is 0 Å². The molecule has 1 aromatic rings. The number of aryl methyl sites for hydroxylation is 1. The van der Waals surface area contributed by atoms with E-state index in [9.17, 15) is 5.11 Å². The molecule has 0 spiro atoms. The van der Waals surface area contributed by atoms with Gasteiger partial charge in [-0.3, -0.25) is 0 Å². The van der Waals surface area contributed by atoms with E-state index in [1.807, 2.05) is 25.1 Å². The van der Waals surface area contributed by atoms with Crippen molar-refractivity contribution < 1.29 is 5.11 Å². The minimum absolute atomic E-state index is 0.311. The van der Waals surface area contributed by atoms with Gasteiger partial charge in [-0.15, -0.1) is 0 Å². The fourth-order valence-electron chi connectivity index (χ4n) is 1.45. The summed E-state index contributed by atoms with van der Waals surface area (Å²) in [6.07, 6.45) is -0.0508. The lowest BCUT2D eigenvalue weighted by Gasteiger charge is -2.19. The van der Waals surface area contributed by atoms with Crippen LogP contribution in [0, 0.1) is 6.92 Å². The summed E-state index contributed by atoms with van der Waals surface area (Å²) in [4.78, 5) is 0. The van der Waals surface area contributed by atoms with Gasteiger partial charge in [-0.2, -0.15) is 0 Å². The number of benzene rings is 1. The zero-order valence-electron chi connectivity index (χ0n) is 8.78. The summed E-state index contributed by atoms with van der Waals surface area (Å²) in [5.74, 6) is 0. The fraction of sp³-hybridized carbons (Fsp3) is 0.455. The second-order valence-corrected chi connectivity index (χ2v) is 4.57. The molecule has 15 heavy (non-hydrogen) atoms. The number of nitrogens with two attached hydrogens (primary N) is 2. The van der Waals surface area contributed by atoms with E-state index in [1.165, 1.54) is 0 Å². The van der Waals surface area contributed by atoms with Gasteiger partial charge in [0.05, 0.1) is 6.10 Å². The first kappa shape index (κ1) is 12.6. The number of rotatable bonds is 4. The van der Waals surface area contributed by atoms with Crippen LogP contribution in [0.1, 0.15) is 23.7 Å². The standard InChI is InChI=1S/C11H17BrN2O/c1-7-2-3-8(9(12)6-7)11(15)10(14)4-5-13/h2-3,6,10-11,15H,4-5,13-14H2,1H3. The number of hydrogen-bond acceptors (Lipinski definition) is 3. The van der Waals surface area contributed by atoms with Gasteiger partial charge < -0.3 is 16.6 Å². The molecule has 1 aromatic carbocycles. The molecule has 0 fully saturated rings. The van der Waals surface area contributed by atoms with Gasteiger partial charge in [-0.25, -0.2) is 0 Å². The Morgan fingerprint density at radius 3 is 2.67 bits per heavy atom. The van der Waals surface area contributed by atoms with E-state index < -0.39 is 6.10 Å². The van der Waals surface area contributed by atoms with Gasteiger partial charge >= 0.3 is 0 Å². The van der Waals surface area contributed by atoms with Gasteiger partial charge in [-0.1, -0.05) is 28.1 Å². The number of halogens is 1. The lowest BCUT2D eigenvalue weighted by molar-refractivity contribution is 0.142. The molecular formula is C11H17BrN2O. The highest BCUT2D eigenvalue weighted by atomic mass is 79.9. The van der Waals surface area contributed by atoms with Crippen molar-refractivity contribution in [3.8, 4) is 0 Å². The minimum atomic E-state index is -0.663. The molecule has 2 unspecified atom stereocenters. The molecule has 84 valence electrons. The van der Waals surface area contributed by atoms with E-state index in [0.29, 0.717) is 13.0 Å². The molecule has 0 aromatic heterocycles. The lowest BCUT2D eigenvalue weighted by Crippen LogP contribution is -2.31. The molecule has 0 aliphatic rings. The predicted molar refractivity (Wildman–Crippen MR) is 65.5 cm³/mol. The van der Waals surface area contributed by atoms with Crippen LogP contribution < -0.4 is 11.5 Å². The summed E-state index contributed by atoms with van der Waals surface area (Å²) in [5, 5.41) is 9.98. The summed E-state index contributed by atoms with van der Waals surface area (Å²) in [6.45, 7) is 2.49. The fourth-order valence-corrected chi connectivity index (χ4v) is 2.18. The molecule has 0 radical (unpaired) electrons. The molecule has 0 bridgehead atoms. The van der Waals surface area contributed by atoms with Crippen LogP contribution in [0.15, 0.2) is 22.7 Å². The lowest BCUT2D eigenvalue weighted by atomic mass is 9.99. The van der Waals surface area contributed by atoms with Crippen LogP contribution in [0.4, 0.5) is 0 Å². The molecular weight excluding hydrogens is 256 g/mol. The first-order valence-electron chi connectivity index (χ1n) is 4.96. The summed E-state index contributed by atoms with van der Waals surface area (Å²) >= 11 is 3.42. The Hall–Kier alpha value is -0.420. The maximum absolute atomic E-state index is 9.98. The Morgan fingerprint density at radius 1 is 1.47 bits per heavy atom. The molecule has 0 heterocycles. The largest absolute Gasteiger partial charge is 0.387 e.